The molecule has 0 aliphatic rings. The lowest BCUT2D eigenvalue weighted by Gasteiger charge is -2.09. The SMILES string of the molecule is CC[C@@H](C)[C@@H](C)O. The van der Waals surface area contributed by atoms with Crippen LogP contribution in [-0.2, 0) is 0 Å². The maximum absolute atomic E-state index is 8.82. The molecule has 1 N–H and O–H groups in total. The predicted molar refractivity (Wildman–Crippen MR) is 31.1 cm³/mol. The first kappa shape index (κ1) is 6.96. The van der Waals surface area contributed by atoms with Gasteiger partial charge in [-0.2, -0.15) is 0 Å². The van der Waals surface area contributed by atoms with E-state index in [9.17, 15) is 0 Å². The molecule has 0 aromatic rings. The third-order valence-corrected chi connectivity index (χ3v) is 1.47. The molecule has 0 unspecified atom stereocenters. The Balaban J connectivity index is 3.14. The first-order chi connectivity index (χ1) is 3.18. The summed E-state index contributed by atoms with van der Waals surface area (Å²) in [5.74, 6) is 0.458. The van der Waals surface area contributed by atoms with Crippen LogP contribution < -0.4 is 0 Å². The highest BCUT2D eigenvalue weighted by molar-refractivity contribution is 4.54. The summed E-state index contributed by atoms with van der Waals surface area (Å²) >= 11 is 0. The molecule has 0 spiro atoms. The second-order valence-electron chi connectivity index (χ2n) is 2.13. The van der Waals surface area contributed by atoms with Gasteiger partial charge in [-0.25, -0.2) is 0 Å². The average Bonchev–Trinajstić information content (AvgIpc) is 1.65. The van der Waals surface area contributed by atoms with E-state index in [1.165, 1.54) is 0 Å². The average molecular weight is 102 g/mol. The Morgan fingerprint density at radius 1 is 1.43 bits per heavy atom. The van der Waals surface area contributed by atoms with Gasteiger partial charge in [0.05, 0.1) is 6.10 Å². The van der Waals surface area contributed by atoms with Crippen LogP contribution in [0.1, 0.15) is 27.2 Å². The van der Waals surface area contributed by atoms with Crippen molar-refractivity contribution in [2.75, 3.05) is 0 Å². The molecule has 0 amide bonds. The van der Waals surface area contributed by atoms with Gasteiger partial charge in [-0.1, -0.05) is 20.3 Å². The van der Waals surface area contributed by atoms with Crippen molar-refractivity contribution in [2.45, 2.75) is 33.3 Å². The second-order valence-corrected chi connectivity index (χ2v) is 2.13. The van der Waals surface area contributed by atoms with Gasteiger partial charge < -0.3 is 5.11 Å². The molecule has 0 aliphatic carbocycles. The van der Waals surface area contributed by atoms with Gasteiger partial charge in [0, 0.05) is 0 Å². The van der Waals surface area contributed by atoms with E-state index in [0.717, 1.165) is 6.42 Å². The maximum atomic E-state index is 8.82. The van der Waals surface area contributed by atoms with Crippen LogP contribution in [0.5, 0.6) is 0 Å². The lowest BCUT2D eigenvalue weighted by molar-refractivity contribution is 0.133. The molecule has 0 radical (unpaired) electrons. The lowest BCUT2D eigenvalue weighted by atomic mass is 10.0. The van der Waals surface area contributed by atoms with Gasteiger partial charge in [0.1, 0.15) is 0 Å². The minimum absolute atomic E-state index is 0.134. The fourth-order valence-electron chi connectivity index (χ4n) is 0.341. The first-order valence-electron chi connectivity index (χ1n) is 2.86. The molecule has 0 aromatic heterocycles. The Kier molecular flexibility index (Phi) is 3.01. The number of hydrogen-bond acceptors (Lipinski definition) is 1. The summed E-state index contributed by atoms with van der Waals surface area (Å²) in [5, 5.41) is 8.82. The van der Waals surface area contributed by atoms with Crippen LogP contribution in [0.25, 0.3) is 0 Å². The van der Waals surface area contributed by atoms with E-state index in [-0.39, 0.29) is 6.10 Å². The van der Waals surface area contributed by atoms with Crippen LogP contribution in [0.15, 0.2) is 0 Å². The highest BCUT2D eigenvalue weighted by atomic mass is 16.3. The summed E-state index contributed by atoms with van der Waals surface area (Å²) in [5.41, 5.74) is 0. The molecule has 0 aromatic carbocycles. The molecule has 7 heavy (non-hydrogen) atoms. The minimum atomic E-state index is -0.134. The fraction of sp³-hybridized carbons (Fsp3) is 1.00. The van der Waals surface area contributed by atoms with Crippen LogP contribution in [-0.4, -0.2) is 11.2 Å². The normalized spacial score (nSPS) is 18.9. The number of hydrogen-bond donors (Lipinski definition) is 1. The highest BCUT2D eigenvalue weighted by Gasteiger charge is 2.03. The van der Waals surface area contributed by atoms with Crippen LogP contribution in [0.4, 0.5) is 0 Å². The number of aliphatic hydroxyl groups is 1. The molecular weight excluding hydrogens is 88.1 g/mol. The minimum Gasteiger partial charge on any atom is -0.393 e. The van der Waals surface area contributed by atoms with Crippen molar-refractivity contribution in [3.05, 3.63) is 0 Å². The van der Waals surface area contributed by atoms with Crippen molar-refractivity contribution in [3.63, 3.8) is 0 Å². The summed E-state index contributed by atoms with van der Waals surface area (Å²) in [6.45, 7) is 5.95. The molecule has 1 heteroatoms. The lowest BCUT2D eigenvalue weighted by Crippen LogP contribution is -2.10. The highest BCUT2D eigenvalue weighted by Crippen LogP contribution is 2.04. The van der Waals surface area contributed by atoms with E-state index < -0.39 is 0 Å². The van der Waals surface area contributed by atoms with E-state index in [4.69, 9.17) is 5.11 Å². The largest absolute Gasteiger partial charge is 0.393 e. The summed E-state index contributed by atoms with van der Waals surface area (Å²) in [6, 6.07) is 0. The van der Waals surface area contributed by atoms with Crippen molar-refractivity contribution in [1.29, 1.82) is 0 Å². The van der Waals surface area contributed by atoms with Gasteiger partial charge >= 0.3 is 0 Å². The molecule has 0 rings (SSSR count). The number of aliphatic hydroxyl groups excluding tert-OH is 1. The second kappa shape index (κ2) is 3.03. The zero-order chi connectivity index (χ0) is 5.86. The fourth-order valence-corrected chi connectivity index (χ4v) is 0.341. The quantitative estimate of drug-likeness (QED) is 0.559. The Labute approximate surface area is 45.4 Å². The Bertz CT molecular complexity index is 41.4. The van der Waals surface area contributed by atoms with Crippen molar-refractivity contribution in [3.8, 4) is 0 Å². The van der Waals surface area contributed by atoms with Crippen molar-refractivity contribution in [2.24, 2.45) is 5.92 Å². The summed E-state index contributed by atoms with van der Waals surface area (Å²) in [6.07, 6.45) is 0.933. The summed E-state index contributed by atoms with van der Waals surface area (Å²) < 4.78 is 0. The molecule has 0 saturated heterocycles. The Morgan fingerprint density at radius 3 is 1.86 bits per heavy atom. The van der Waals surface area contributed by atoms with E-state index >= 15 is 0 Å². The Morgan fingerprint density at radius 2 is 1.86 bits per heavy atom. The molecule has 2 atom stereocenters. The smallest absolute Gasteiger partial charge is 0.0537 e. The van der Waals surface area contributed by atoms with Crippen LogP contribution in [0.3, 0.4) is 0 Å². The monoisotopic (exact) mass is 102 g/mol. The van der Waals surface area contributed by atoms with Crippen molar-refractivity contribution in [1.82, 2.24) is 0 Å². The Hall–Kier alpha value is -0.0400. The topological polar surface area (TPSA) is 20.2 Å². The molecular formula is C6H14O. The molecule has 0 fully saturated rings. The third-order valence-electron chi connectivity index (χ3n) is 1.47. The van der Waals surface area contributed by atoms with Gasteiger partial charge in [0.2, 0.25) is 0 Å². The van der Waals surface area contributed by atoms with Gasteiger partial charge in [-0.05, 0) is 12.8 Å². The van der Waals surface area contributed by atoms with Crippen molar-refractivity contribution >= 4 is 0 Å². The standard InChI is InChI=1S/C6H14O/c1-4-5(2)6(3)7/h5-7H,4H2,1-3H3/t5-,6-/m1/s1. The van der Waals surface area contributed by atoms with Gasteiger partial charge in [-0.3, -0.25) is 0 Å². The first-order valence-corrected chi connectivity index (χ1v) is 2.86. The van der Waals surface area contributed by atoms with Gasteiger partial charge in [0.15, 0.2) is 0 Å². The zero-order valence-electron chi connectivity index (χ0n) is 5.31. The molecule has 0 heterocycles. The van der Waals surface area contributed by atoms with E-state index in [2.05, 4.69) is 6.92 Å². The van der Waals surface area contributed by atoms with E-state index in [1.54, 1.807) is 0 Å². The summed E-state index contributed by atoms with van der Waals surface area (Å²) in [4.78, 5) is 0. The van der Waals surface area contributed by atoms with Crippen LogP contribution in [0.2, 0.25) is 0 Å². The molecule has 44 valence electrons. The van der Waals surface area contributed by atoms with Crippen LogP contribution in [0, 0.1) is 5.92 Å². The van der Waals surface area contributed by atoms with E-state index in [1.807, 2.05) is 13.8 Å². The zero-order valence-corrected chi connectivity index (χ0v) is 5.31. The molecule has 0 aliphatic heterocycles. The van der Waals surface area contributed by atoms with Crippen LogP contribution >= 0.6 is 0 Å². The predicted octanol–water partition coefficient (Wildman–Crippen LogP) is 1.41. The summed E-state index contributed by atoms with van der Waals surface area (Å²) in [7, 11) is 0. The molecule has 1 nitrogen and oxygen atoms in total. The van der Waals surface area contributed by atoms with Crippen molar-refractivity contribution < 1.29 is 5.11 Å². The molecule has 0 saturated carbocycles. The number of rotatable bonds is 2. The van der Waals surface area contributed by atoms with E-state index in [0.29, 0.717) is 5.92 Å². The van der Waals surface area contributed by atoms with Gasteiger partial charge in [-0.15, -0.1) is 0 Å². The maximum Gasteiger partial charge on any atom is 0.0537 e. The van der Waals surface area contributed by atoms with Gasteiger partial charge in [0.25, 0.3) is 0 Å². The molecule has 0 bridgehead atoms. The third kappa shape index (κ3) is 2.63.